The molecule has 1 aliphatic heterocycles. The van der Waals surface area contributed by atoms with Crippen molar-refractivity contribution in [3.8, 4) is 16.9 Å². The van der Waals surface area contributed by atoms with Crippen molar-refractivity contribution < 1.29 is 14.6 Å². The lowest BCUT2D eigenvalue weighted by Crippen LogP contribution is -2.34. The van der Waals surface area contributed by atoms with Gasteiger partial charge in [0.15, 0.2) is 5.78 Å². The summed E-state index contributed by atoms with van der Waals surface area (Å²) in [6.07, 6.45) is 2.38. The first kappa shape index (κ1) is 21.9. The smallest absolute Gasteiger partial charge is 0.176 e. The first-order valence-corrected chi connectivity index (χ1v) is 11.8. The van der Waals surface area contributed by atoms with E-state index < -0.39 is 5.60 Å². The molecule has 5 rings (SSSR count). The molecule has 170 valence electrons. The van der Waals surface area contributed by atoms with Crippen LogP contribution in [0.3, 0.4) is 0 Å². The Balaban J connectivity index is 1.16. The summed E-state index contributed by atoms with van der Waals surface area (Å²) in [5, 5.41) is 11.2. The van der Waals surface area contributed by atoms with Gasteiger partial charge in [0.25, 0.3) is 0 Å². The fraction of sp³-hybridized carbons (Fsp3) is 0.345. The number of Topliss-reactive ketones (excluding diaryl/α,β-unsaturated/α-hetero) is 1. The second-order valence-electron chi connectivity index (χ2n) is 9.74. The van der Waals surface area contributed by atoms with Crippen LogP contribution in [-0.4, -0.2) is 48.1 Å². The van der Waals surface area contributed by atoms with Gasteiger partial charge in [-0.25, -0.2) is 0 Å². The number of likely N-dealkylation sites (tertiary alicyclic amines) is 1. The first-order valence-electron chi connectivity index (χ1n) is 11.8. The molecular weight excluding hydrogens is 410 g/mol. The standard InChI is InChI=1S/C29H31NO3/c1-33-27-13-11-23(12-14-27)22-7-9-24(10-8-22)28(31)20-30-18-25-16-29(32,17-26(25)19-30)15-21-5-3-2-4-6-21/h2-14,25-26,32H,15-20H2,1H3/t25-,26+,29?. The molecule has 0 aromatic heterocycles. The average Bonchev–Trinajstić information content (AvgIpc) is 3.33. The van der Waals surface area contributed by atoms with Gasteiger partial charge in [-0.3, -0.25) is 9.69 Å². The van der Waals surface area contributed by atoms with E-state index in [0.29, 0.717) is 18.4 Å². The van der Waals surface area contributed by atoms with Crippen LogP contribution in [0.4, 0.5) is 0 Å². The summed E-state index contributed by atoms with van der Waals surface area (Å²) in [5.74, 6) is 1.95. The number of hydrogen-bond acceptors (Lipinski definition) is 4. The maximum atomic E-state index is 12.9. The molecule has 4 nitrogen and oxygen atoms in total. The molecule has 0 spiro atoms. The Bertz CT molecular complexity index is 1080. The van der Waals surface area contributed by atoms with Crippen molar-refractivity contribution >= 4 is 5.78 Å². The van der Waals surface area contributed by atoms with E-state index in [9.17, 15) is 9.90 Å². The summed E-state index contributed by atoms with van der Waals surface area (Å²) in [4.78, 5) is 15.2. The number of hydrogen-bond donors (Lipinski definition) is 1. The highest BCUT2D eigenvalue weighted by molar-refractivity contribution is 5.98. The highest BCUT2D eigenvalue weighted by Gasteiger charge is 2.48. The van der Waals surface area contributed by atoms with E-state index in [1.54, 1.807) is 7.11 Å². The molecule has 0 radical (unpaired) electrons. The Labute approximate surface area is 195 Å². The van der Waals surface area contributed by atoms with Crippen LogP contribution in [0.15, 0.2) is 78.9 Å². The third kappa shape index (κ3) is 4.87. The molecule has 4 heteroatoms. The van der Waals surface area contributed by atoms with Crippen molar-refractivity contribution in [2.45, 2.75) is 24.9 Å². The number of fused-ring (bicyclic) bond motifs is 1. The topological polar surface area (TPSA) is 49.8 Å². The van der Waals surface area contributed by atoms with Gasteiger partial charge in [0.2, 0.25) is 0 Å². The van der Waals surface area contributed by atoms with Crippen molar-refractivity contribution in [3.63, 3.8) is 0 Å². The lowest BCUT2D eigenvalue weighted by molar-refractivity contribution is 0.0355. The van der Waals surface area contributed by atoms with Crippen LogP contribution in [0.1, 0.15) is 28.8 Å². The van der Waals surface area contributed by atoms with Gasteiger partial charge in [-0.05, 0) is 53.5 Å². The van der Waals surface area contributed by atoms with Crippen LogP contribution >= 0.6 is 0 Å². The maximum absolute atomic E-state index is 12.9. The lowest BCUT2D eigenvalue weighted by atomic mass is 9.91. The molecule has 1 aliphatic carbocycles. The highest BCUT2D eigenvalue weighted by Crippen LogP contribution is 2.45. The number of ether oxygens (including phenoxy) is 1. The number of aliphatic hydroxyl groups is 1. The summed E-state index contributed by atoms with van der Waals surface area (Å²) in [5.41, 5.74) is 3.53. The Morgan fingerprint density at radius 1 is 0.909 bits per heavy atom. The van der Waals surface area contributed by atoms with E-state index in [-0.39, 0.29) is 5.78 Å². The molecule has 1 unspecified atom stereocenters. The largest absolute Gasteiger partial charge is 0.497 e. The maximum Gasteiger partial charge on any atom is 0.176 e. The van der Waals surface area contributed by atoms with Crippen molar-refractivity contribution in [2.24, 2.45) is 11.8 Å². The molecule has 3 aromatic rings. The zero-order chi connectivity index (χ0) is 22.8. The predicted octanol–water partition coefficient (Wildman–Crippen LogP) is 4.86. The van der Waals surface area contributed by atoms with E-state index in [1.807, 2.05) is 66.7 Å². The van der Waals surface area contributed by atoms with Crippen LogP contribution in [0.25, 0.3) is 11.1 Å². The SMILES string of the molecule is COc1ccc(-c2ccc(C(=O)CN3C[C@@H]4CC(O)(Cc5ccccc5)C[C@@H]4C3)cc2)cc1. The molecule has 0 amide bonds. The zero-order valence-corrected chi connectivity index (χ0v) is 19.1. The third-order valence-electron chi connectivity index (χ3n) is 7.31. The van der Waals surface area contributed by atoms with Gasteiger partial charge in [0.1, 0.15) is 5.75 Å². The summed E-state index contributed by atoms with van der Waals surface area (Å²) >= 11 is 0. The molecule has 0 bridgehead atoms. The Kier molecular flexibility index (Phi) is 6.05. The van der Waals surface area contributed by atoms with E-state index >= 15 is 0 Å². The van der Waals surface area contributed by atoms with Crippen LogP contribution < -0.4 is 4.74 Å². The summed E-state index contributed by atoms with van der Waals surface area (Å²) in [6, 6.07) is 26.1. The summed E-state index contributed by atoms with van der Waals surface area (Å²) < 4.78 is 5.22. The van der Waals surface area contributed by atoms with E-state index in [1.165, 1.54) is 5.56 Å². The number of carbonyl (C=O) groups excluding carboxylic acids is 1. The third-order valence-corrected chi connectivity index (χ3v) is 7.31. The van der Waals surface area contributed by atoms with Gasteiger partial charge < -0.3 is 9.84 Å². The molecular formula is C29H31NO3. The van der Waals surface area contributed by atoms with Crippen LogP contribution in [-0.2, 0) is 6.42 Å². The highest BCUT2D eigenvalue weighted by atomic mass is 16.5. The number of rotatable bonds is 7. The monoisotopic (exact) mass is 441 g/mol. The molecule has 2 fully saturated rings. The fourth-order valence-electron chi connectivity index (χ4n) is 5.73. The number of benzene rings is 3. The molecule has 3 atom stereocenters. The van der Waals surface area contributed by atoms with Gasteiger partial charge in [0, 0.05) is 25.1 Å². The fourth-order valence-corrected chi connectivity index (χ4v) is 5.73. The molecule has 1 saturated carbocycles. The molecule has 1 saturated heterocycles. The minimum absolute atomic E-state index is 0.163. The lowest BCUT2D eigenvalue weighted by Gasteiger charge is -2.26. The molecule has 2 aliphatic rings. The van der Waals surface area contributed by atoms with Crippen LogP contribution in [0.2, 0.25) is 0 Å². The van der Waals surface area contributed by atoms with Crippen molar-refractivity contribution in [2.75, 3.05) is 26.7 Å². The van der Waals surface area contributed by atoms with Crippen LogP contribution in [0.5, 0.6) is 5.75 Å². The normalized spacial score (nSPS) is 24.5. The van der Waals surface area contributed by atoms with Gasteiger partial charge in [-0.15, -0.1) is 0 Å². The summed E-state index contributed by atoms with van der Waals surface area (Å²) in [6.45, 7) is 2.25. The quantitative estimate of drug-likeness (QED) is 0.532. The minimum Gasteiger partial charge on any atom is -0.497 e. The minimum atomic E-state index is -0.607. The van der Waals surface area contributed by atoms with Crippen LogP contribution in [0, 0.1) is 11.8 Å². The van der Waals surface area contributed by atoms with Crippen molar-refractivity contribution in [1.82, 2.24) is 4.90 Å². The molecule has 1 N–H and O–H groups in total. The van der Waals surface area contributed by atoms with E-state index in [0.717, 1.165) is 54.8 Å². The number of methoxy groups -OCH3 is 1. The van der Waals surface area contributed by atoms with Gasteiger partial charge >= 0.3 is 0 Å². The number of nitrogens with zero attached hydrogens (tertiary/aromatic N) is 1. The van der Waals surface area contributed by atoms with E-state index in [4.69, 9.17) is 4.74 Å². The molecule has 1 heterocycles. The Hall–Kier alpha value is -2.95. The van der Waals surface area contributed by atoms with Gasteiger partial charge in [0.05, 0.1) is 19.3 Å². The predicted molar refractivity (Wildman–Crippen MR) is 131 cm³/mol. The number of carbonyl (C=O) groups is 1. The second-order valence-corrected chi connectivity index (χ2v) is 9.74. The molecule has 33 heavy (non-hydrogen) atoms. The van der Waals surface area contributed by atoms with Gasteiger partial charge in [-0.1, -0.05) is 66.7 Å². The Morgan fingerprint density at radius 2 is 1.48 bits per heavy atom. The molecule has 3 aromatic carbocycles. The van der Waals surface area contributed by atoms with Gasteiger partial charge in [-0.2, -0.15) is 0 Å². The van der Waals surface area contributed by atoms with E-state index in [2.05, 4.69) is 17.0 Å². The first-order chi connectivity index (χ1) is 16.0. The van der Waals surface area contributed by atoms with Crippen molar-refractivity contribution in [1.29, 1.82) is 0 Å². The zero-order valence-electron chi connectivity index (χ0n) is 19.1. The second kappa shape index (κ2) is 9.12. The Morgan fingerprint density at radius 3 is 2.06 bits per heavy atom. The van der Waals surface area contributed by atoms with Crippen molar-refractivity contribution in [3.05, 3.63) is 90.0 Å². The number of ketones is 1. The average molecular weight is 442 g/mol. The summed E-state index contributed by atoms with van der Waals surface area (Å²) in [7, 11) is 1.66.